The van der Waals surface area contributed by atoms with E-state index in [0.29, 0.717) is 11.4 Å². The van der Waals surface area contributed by atoms with E-state index in [4.69, 9.17) is 9.47 Å². The summed E-state index contributed by atoms with van der Waals surface area (Å²) in [6, 6.07) is 16.5. The highest BCUT2D eigenvalue weighted by Gasteiger charge is 2.17. The van der Waals surface area contributed by atoms with Gasteiger partial charge in [-0.05, 0) is 67.1 Å². The number of nitrogens with one attached hydrogen (secondary N) is 2. The third-order valence-corrected chi connectivity index (χ3v) is 5.82. The quantitative estimate of drug-likeness (QED) is 0.497. The third kappa shape index (κ3) is 6.21. The monoisotopic (exact) mass is 458 g/mol. The normalized spacial score (nSPS) is 11.0. The van der Waals surface area contributed by atoms with Crippen LogP contribution in [0.1, 0.15) is 12.0 Å². The van der Waals surface area contributed by atoms with Crippen LogP contribution in [0.2, 0.25) is 0 Å². The average Bonchev–Trinajstić information content (AvgIpc) is 2.74. The van der Waals surface area contributed by atoms with Gasteiger partial charge in [-0.25, -0.2) is 12.8 Å². The Morgan fingerprint density at radius 1 is 1.03 bits per heavy atom. The lowest BCUT2D eigenvalue weighted by molar-refractivity contribution is -0.116. The minimum Gasteiger partial charge on any atom is -0.495 e. The number of halogens is 1. The van der Waals surface area contributed by atoms with Crippen molar-refractivity contribution in [3.8, 4) is 11.5 Å². The van der Waals surface area contributed by atoms with Gasteiger partial charge in [-0.15, -0.1) is 0 Å². The number of hydrogen-bond donors (Lipinski definition) is 2. The number of sulfonamides is 1. The predicted molar refractivity (Wildman–Crippen MR) is 120 cm³/mol. The zero-order chi connectivity index (χ0) is 23.1. The van der Waals surface area contributed by atoms with E-state index in [1.165, 1.54) is 19.2 Å². The minimum atomic E-state index is -3.99. The SMILES string of the molecule is COc1ccc(NC(=O)CCOc2cccc(C)c2)cc1NS(=O)(=O)c1ccc(F)cc1. The summed E-state index contributed by atoms with van der Waals surface area (Å²) in [5.41, 5.74) is 1.56. The fraction of sp³-hybridized carbons (Fsp3) is 0.174. The minimum absolute atomic E-state index is 0.108. The lowest BCUT2D eigenvalue weighted by atomic mass is 10.2. The molecule has 3 aromatic rings. The van der Waals surface area contributed by atoms with Gasteiger partial charge in [-0.2, -0.15) is 0 Å². The molecule has 0 aliphatic rings. The molecule has 0 heterocycles. The molecule has 0 saturated carbocycles. The highest BCUT2D eigenvalue weighted by atomic mass is 32.2. The highest BCUT2D eigenvalue weighted by Crippen LogP contribution is 2.30. The zero-order valence-electron chi connectivity index (χ0n) is 17.6. The molecule has 168 valence electrons. The Bertz CT molecular complexity index is 1200. The maximum Gasteiger partial charge on any atom is 0.262 e. The number of aryl methyl sites for hydroxylation is 1. The summed E-state index contributed by atoms with van der Waals surface area (Å²) in [5, 5.41) is 2.71. The molecule has 0 spiro atoms. The number of hydrogen-bond acceptors (Lipinski definition) is 5. The van der Waals surface area contributed by atoms with Crippen molar-refractivity contribution in [1.29, 1.82) is 0 Å². The topological polar surface area (TPSA) is 93.7 Å². The maximum absolute atomic E-state index is 13.1. The molecule has 0 unspecified atom stereocenters. The van der Waals surface area contributed by atoms with Gasteiger partial charge in [0.1, 0.15) is 17.3 Å². The fourth-order valence-corrected chi connectivity index (χ4v) is 3.93. The molecule has 0 saturated heterocycles. The number of amides is 1. The lowest BCUT2D eigenvalue weighted by Gasteiger charge is -2.14. The number of methoxy groups -OCH3 is 1. The highest BCUT2D eigenvalue weighted by molar-refractivity contribution is 7.92. The van der Waals surface area contributed by atoms with Crippen LogP contribution in [0, 0.1) is 12.7 Å². The molecule has 0 atom stereocenters. The molecule has 0 radical (unpaired) electrons. The summed E-state index contributed by atoms with van der Waals surface area (Å²) in [5.74, 6) is 0.101. The first kappa shape index (κ1) is 23.1. The molecule has 32 heavy (non-hydrogen) atoms. The second-order valence-electron chi connectivity index (χ2n) is 6.94. The van der Waals surface area contributed by atoms with E-state index >= 15 is 0 Å². The lowest BCUT2D eigenvalue weighted by Crippen LogP contribution is -2.16. The summed E-state index contributed by atoms with van der Waals surface area (Å²) in [6.45, 7) is 2.14. The van der Waals surface area contributed by atoms with Crippen molar-refractivity contribution in [2.24, 2.45) is 0 Å². The van der Waals surface area contributed by atoms with Crippen LogP contribution in [0.15, 0.2) is 71.6 Å². The van der Waals surface area contributed by atoms with Crippen LogP contribution in [-0.4, -0.2) is 28.0 Å². The Kier molecular flexibility index (Phi) is 7.32. The zero-order valence-corrected chi connectivity index (χ0v) is 18.4. The largest absolute Gasteiger partial charge is 0.495 e. The second-order valence-corrected chi connectivity index (χ2v) is 8.62. The number of anilines is 2. The number of benzene rings is 3. The Balaban J connectivity index is 1.66. The van der Waals surface area contributed by atoms with Crippen molar-refractivity contribution < 1.29 is 27.1 Å². The van der Waals surface area contributed by atoms with Crippen molar-refractivity contribution in [1.82, 2.24) is 0 Å². The van der Waals surface area contributed by atoms with Crippen molar-refractivity contribution in [2.75, 3.05) is 23.8 Å². The van der Waals surface area contributed by atoms with E-state index in [-0.39, 0.29) is 35.3 Å². The molecule has 0 aliphatic heterocycles. The van der Waals surface area contributed by atoms with Crippen molar-refractivity contribution in [2.45, 2.75) is 18.2 Å². The van der Waals surface area contributed by atoms with Gasteiger partial charge in [-0.3, -0.25) is 9.52 Å². The van der Waals surface area contributed by atoms with Gasteiger partial charge in [0.15, 0.2) is 0 Å². The first-order valence-corrected chi connectivity index (χ1v) is 11.2. The fourth-order valence-electron chi connectivity index (χ4n) is 2.87. The third-order valence-electron chi connectivity index (χ3n) is 4.44. The van der Waals surface area contributed by atoms with Gasteiger partial charge in [0.25, 0.3) is 10.0 Å². The number of ether oxygens (including phenoxy) is 2. The summed E-state index contributed by atoms with van der Waals surface area (Å²) in [4.78, 5) is 12.2. The maximum atomic E-state index is 13.1. The van der Waals surface area contributed by atoms with Crippen LogP contribution in [0.25, 0.3) is 0 Å². The van der Waals surface area contributed by atoms with Crippen LogP contribution in [0.3, 0.4) is 0 Å². The summed E-state index contributed by atoms with van der Waals surface area (Å²) < 4.78 is 51.6. The Morgan fingerprint density at radius 3 is 2.47 bits per heavy atom. The van der Waals surface area contributed by atoms with Gasteiger partial charge < -0.3 is 14.8 Å². The first-order valence-electron chi connectivity index (χ1n) is 9.72. The molecular weight excluding hydrogens is 435 g/mol. The first-order chi connectivity index (χ1) is 15.3. The Hall–Kier alpha value is -3.59. The molecular formula is C23H23FN2O5S. The van der Waals surface area contributed by atoms with E-state index in [1.54, 1.807) is 6.07 Å². The standard InChI is InChI=1S/C23H23FN2O5S/c1-16-4-3-5-19(14-16)31-13-12-23(27)25-18-8-11-22(30-2)21(15-18)26-32(28,29)20-9-6-17(24)7-10-20/h3-11,14-15,26H,12-13H2,1-2H3,(H,25,27). The molecule has 1 amide bonds. The predicted octanol–water partition coefficient (Wildman–Crippen LogP) is 4.35. The molecule has 0 bridgehead atoms. The summed E-state index contributed by atoms with van der Waals surface area (Å²) >= 11 is 0. The second kappa shape index (κ2) is 10.1. The molecule has 0 aliphatic carbocycles. The van der Waals surface area contributed by atoms with Crippen LogP contribution in [0.5, 0.6) is 11.5 Å². The van der Waals surface area contributed by atoms with Gasteiger partial charge in [0.05, 0.1) is 30.7 Å². The van der Waals surface area contributed by atoms with Gasteiger partial charge in [0.2, 0.25) is 5.91 Å². The van der Waals surface area contributed by atoms with E-state index in [9.17, 15) is 17.6 Å². The van der Waals surface area contributed by atoms with Gasteiger partial charge >= 0.3 is 0 Å². The van der Waals surface area contributed by atoms with Crippen LogP contribution >= 0.6 is 0 Å². The van der Waals surface area contributed by atoms with Crippen molar-refractivity contribution in [3.05, 3.63) is 78.1 Å². The molecule has 2 N–H and O–H groups in total. The Morgan fingerprint density at radius 2 is 1.78 bits per heavy atom. The van der Waals surface area contributed by atoms with E-state index < -0.39 is 15.8 Å². The smallest absolute Gasteiger partial charge is 0.262 e. The van der Waals surface area contributed by atoms with Crippen LogP contribution < -0.4 is 19.5 Å². The molecule has 3 aromatic carbocycles. The number of rotatable bonds is 9. The summed E-state index contributed by atoms with van der Waals surface area (Å²) in [7, 11) is -2.59. The van der Waals surface area contributed by atoms with E-state index in [0.717, 1.165) is 29.8 Å². The number of carbonyl (C=O) groups is 1. The van der Waals surface area contributed by atoms with Crippen molar-refractivity contribution >= 4 is 27.3 Å². The van der Waals surface area contributed by atoms with Gasteiger partial charge in [0, 0.05) is 5.69 Å². The van der Waals surface area contributed by atoms with E-state index in [2.05, 4.69) is 10.0 Å². The summed E-state index contributed by atoms with van der Waals surface area (Å²) in [6.07, 6.45) is 0.108. The van der Waals surface area contributed by atoms with E-state index in [1.807, 2.05) is 31.2 Å². The molecule has 0 aromatic heterocycles. The van der Waals surface area contributed by atoms with Crippen LogP contribution in [0.4, 0.5) is 15.8 Å². The Labute approximate surface area is 186 Å². The average molecular weight is 459 g/mol. The molecule has 0 fully saturated rings. The van der Waals surface area contributed by atoms with Gasteiger partial charge in [-0.1, -0.05) is 12.1 Å². The molecule has 3 rings (SSSR count). The molecule has 9 heteroatoms. The van der Waals surface area contributed by atoms with Crippen molar-refractivity contribution in [3.63, 3.8) is 0 Å². The molecule has 7 nitrogen and oxygen atoms in total. The number of carbonyl (C=O) groups excluding carboxylic acids is 1. The van der Waals surface area contributed by atoms with Crippen LogP contribution in [-0.2, 0) is 14.8 Å².